The standard InChI is InChI=1S/C34H39N3O5/c1-35-30(38)29(20-23-12-14-26(42-2)15-13-23)36-33(41)34(16-6-3-7-17-34)18-8-9-19-37-31(39)27-21-24-10-4-5-11-25(24)22-28(27)32(37)40/h4-5,10-15,21-22,29H,3,6-9,16-20H2,1-2H3,(H,35,38)(H,36,41)/t29-/m0/s1. The zero-order valence-corrected chi connectivity index (χ0v) is 24.4. The van der Waals surface area contributed by atoms with Crippen LogP contribution in [0.15, 0.2) is 60.7 Å². The van der Waals surface area contributed by atoms with Crippen LogP contribution in [0.1, 0.15) is 77.6 Å². The van der Waals surface area contributed by atoms with Crippen molar-refractivity contribution in [3.05, 3.63) is 77.4 Å². The Hall–Kier alpha value is -4.20. The van der Waals surface area contributed by atoms with Crippen LogP contribution in [-0.4, -0.2) is 55.3 Å². The number of nitrogens with one attached hydrogen (secondary N) is 2. The molecule has 1 aliphatic heterocycles. The van der Waals surface area contributed by atoms with Gasteiger partial charge >= 0.3 is 0 Å². The molecule has 220 valence electrons. The van der Waals surface area contributed by atoms with Gasteiger partial charge in [-0.05, 0) is 66.3 Å². The third-order valence-electron chi connectivity index (χ3n) is 8.88. The van der Waals surface area contributed by atoms with Gasteiger partial charge in [-0.15, -0.1) is 0 Å². The lowest BCUT2D eigenvalue weighted by Crippen LogP contribution is -2.52. The summed E-state index contributed by atoms with van der Waals surface area (Å²) >= 11 is 0. The summed E-state index contributed by atoms with van der Waals surface area (Å²) in [6.07, 6.45) is 6.88. The van der Waals surface area contributed by atoms with Gasteiger partial charge in [-0.3, -0.25) is 24.1 Å². The molecule has 0 unspecified atom stereocenters. The lowest BCUT2D eigenvalue weighted by atomic mass is 9.70. The quantitative estimate of drug-likeness (QED) is 0.249. The van der Waals surface area contributed by atoms with Gasteiger partial charge in [0.2, 0.25) is 11.8 Å². The molecule has 4 amide bonds. The van der Waals surface area contributed by atoms with E-state index in [2.05, 4.69) is 10.6 Å². The second-order valence-corrected chi connectivity index (χ2v) is 11.5. The van der Waals surface area contributed by atoms with Gasteiger partial charge in [0.25, 0.3) is 11.8 Å². The molecule has 1 saturated carbocycles. The summed E-state index contributed by atoms with van der Waals surface area (Å²) in [6.45, 7) is 0.318. The van der Waals surface area contributed by atoms with E-state index in [1.807, 2.05) is 48.5 Å². The van der Waals surface area contributed by atoms with E-state index in [4.69, 9.17) is 4.74 Å². The molecule has 8 heteroatoms. The van der Waals surface area contributed by atoms with Gasteiger partial charge in [0.1, 0.15) is 11.8 Å². The Labute approximate surface area is 246 Å². The fourth-order valence-electron chi connectivity index (χ4n) is 6.42. The van der Waals surface area contributed by atoms with Gasteiger partial charge in [-0.25, -0.2) is 0 Å². The van der Waals surface area contributed by atoms with Gasteiger partial charge in [0.15, 0.2) is 0 Å². The molecule has 2 N–H and O–H groups in total. The first-order valence-corrected chi connectivity index (χ1v) is 14.9. The number of methoxy groups -OCH3 is 1. The smallest absolute Gasteiger partial charge is 0.261 e. The van der Waals surface area contributed by atoms with Gasteiger partial charge in [0, 0.05) is 25.4 Å². The van der Waals surface area contributed by atoms with E-state index in [0.29, 0.717) is 43.4 Å². The summed E-state index contributed by atoms with van der Waals surface area (Å²) in [7, 11) is 3.18. The molecule has 1 atom stereocenters. The number of benzene rings is 3. The molecule has 0 bridgehead atoms. The number of imide groups is 1. The average Bonchev–Trinajstić information content (AvgIpc) is 3.25. The molecule has 3 aromatic rings. The van der Waals surface area contributed by atoms with Crippen LogP contribution in [-0.2, 0) is 16.0 Å². The number of ether oxygens (including phenoxy) is 1. The molecule has 2 aliphatic rings. The van der Waals surface area contributed by atoms with Crippen LogP contribution in [0.4, 0.5) is 0 Å². The van der Waals surface area contributed by atoms with Crippen LogP contribution in [0, 0.1) is 5.41 Å². The van der Waals surface area contributed by atoms with E-state index in [-0.39, 0.29) is 23.6 Å². The Morgan fingerprint density at radius 1 is 0.905 bits per heavy atom. The summed E-state index contributed by atoms with van der Waals surface area (Å²) in [5.74, 6) is -0.0918. The predicted molar refractivity (Wildman–Crippen MR) is 161 cm³/mol. The maximum Gasteiger partial charge on any atom is 0.261 e. The number of hydrogen-bond acceptors (Lipinski definition) is 5. The van der Waals surface area contributed by atoms with Gasteiger partial charge in [-0.2, -0.15) is 0 Å². The first-order valence-electron chi connectivity index (χ1n) is 14.9. The van der Waals surface area contributed by atoms with Crippen molar-refractivity contribution in [1.29, 1.82) is 0 Å². The van der Waals surface area contributed by atoms with Crippen LogP contribution in [0.2, 0.25) is 0 Å². The van der Waals surface area contributed by atoms with Crippen molar-refractivity contribution in [1.82, 2.24) is 15.5 Å². The number of hydrogen-bond donors (Lipinski definition) is 2. The third-order valence-corrected chi connectivity index (χ3v) is 8.88. The highest BCUT2D eigenvalue weighted by Crippen LogP contribution is 2.41. The fourth-order valence-corrected chi connectivity index (χ4v) is 6.42. The highest BCUT2D eigenvalue weighted by molar-refractivity contribution is 6.23. The van der Waals surface area contributed by atoms with Crippen LogP contribution in [0.25, 0.3) is 10.8 Å². The van der Waals surface area contributed by atoms with Gasteiger partial charge < -0.3 is 15.4 Å². The van der Waals surface area contributed by atoms with Gasteiger partial charge in [0.05, 0.1) is 18.2 Å². The molecule has 0 aromatic heterocycles. The Kier molecular flexibility index (Phi) is 8.90. The molecule has 5 rings (SSSR count). The summed E-state index contributed by atoms with van der Waals surface area (Å²) in [5.41, 5.74) is 1.28. The number of carbonyl (C=O) groups excluding carboxylic acids is 4. The Bertz CT molecular complexity index is 1420. The number of fused-ring (bicyclic) bond motifs is 2. The van der Waals surface area contributed by atoms with E-state index in [1.54, 1.807) is 26.3 Å². The molecule has 1 aliphatic carbocycles. The zero-order valence-electron chi connectivity index (χ0n) is 24.4. The molecule has 0 saturated heterocycles. The molecule has 8 nitrogen and oxygen atoms in total. The van der Waals surface area contributed by atoms with Crippen molar-refractivity contribution in [2.45, 2.75) is 63.8 Å². The summed E-state index contributed by atoms with van der Waals surface area (Å²) in [6, 6.07) is 18.1. The van der Waals surface area contributed by atoms with Crippen molar-refractivity contribution in [3.8, 4) is 5.75 Å². The highest BCUT2D eigenvalue weighted by atomic mass is 16.5. The topological polar surface area (TPSA) is 105 Å². The molecule has 1 heterocycles. The fraction of sp³-hybridized carbons (Fsp3) is 0.412. The first-order chi connectivity index (χ1) is 20.3. The second kappa shape index (κ2) is 12.8. The minimum absolute atomic E-state index is 0.0864. The van der Waals surface area contributed by atoms with Crippen LogP contribution >= 0.6 is 0 Å². The molecule has 0 radical (unpaired) electrons. The van der Waals surface area contributed by atoms with Crippen molar-refractivity contribution >= 4 is 34.4 Å². The first kappa shape index (κ1) is 29.3. The molecular weight excluding hydrogens is 530 g/mol. The predicted octanol–water partition coefficient (Wildman–Crippen LogP) is 5.04. The van der Waals surface area contributed by atoms with E-state index in [1.165, 1.54) is 4.90 Å². The Morgan fingerprint density at radius 3 is 2.10 bits per heavy atom. The van der Waals surface area contributed by atoms with E-state index in [9.17, 15) is 19.2 Å². The number of carbonyl (C=O) groups is 4. The van der Waals surface area contributed by atoms with E-state index < -0.39 is 11.5 Å². The average molecular weight is 570 g/mol. The summed E-state index contributed by atoms with van der Waals surface area (Å²) in [4.78, 5) is 54.2. The molecule has 1 fully saturated rings. The SMILES string of the molecule is CNC(=O)[C@H](Cc1ccc(OC)cc1)NC(=O)C1(CCCCN2C(=O)c3cc4ccccc4cc3C2=O)CCCCC1. The van der Waals surface area contributed by atoms with Crippen LogP contribution in [0.3, 0.4) is 0 Å². The number of unbranched alkanes of at least 4 members (excludes halogenated alkanes) is 1. The zero-order chi connectivity index (χ0) is 29.7. The number of rotatable bonds is 11. The minimum atomic E-state index is -0.691. The largest absolute Gasteiger partial charge is 0.497 e. The van der Waals surface area contributed by atoms with E-state index >= 15 is 0 Å². The summed E-state index contributed by atoms with van der Waals surface area (Å²) < 4.78 is 5.23. The monoisotopic (exact) mass is 569 g/mol. The van der Waals surface area contributed by atoms with Crippen LogP contribution < -0.4 is 15.4 Å². The van der Waals surface area contributed by atoms with Gasteiger partial charge in [-0.1, -0.05) is 62.1 Å². The molecular formula is C34H39N3O5. The van der Waals surface area contributed by atoms with Crippen molar-refractivity contribution in [2.24, 2.45) is 5.41 Å². The Morgan fingerprint density at radius 2 is 1.52 bits per heavy atom. The van der Waals surface area contributed by atoms with E-state index in [0.717, 1.165) is 54.2 Å². The number of amides is 4. The maximum absolute atomic E-state index is 13.8. The molecule has 0 spiro atoms. The summed E-state index contributed by atoms with van der Waals surface area (Å²) in [5, 5.41) is 7.64. The molecule has 42 heavy (non-hydrogen) atoms. The third kappa shape index (κ3) is 6.03. The normalized spacial score (nSPS) is 16.7. The van der Waals surface area contributed by atoms with Crippen molar-refractivity contribution < 1.29 is 23.9 Å². The second-order valence-electron chi connectivity index (χ2n) is 11.5. The highest BCUT2D eigenvalue weighted by Gasteiger charge is 2.41. The van der Waals surface area contributed by atoms with Crippen molar-refractivity contribution in [3.63, 3.8) is 0 Å². The molecule has 3 aromatic carbocycles. The lowest BCUT2D eigenvalue weighted by molar-refractivity contribution is -0.137. The Balaban J connectivity index is 1.22. The number of likely N-dealkylation sites (N-methyl/N-ethyl adjacent to an activating group) is 1. The number of nitrogens with zero attached hydrogens (tertiary/aromatic N) is 1. The minimum Gasteiger partial charge on any atom is -0.497 e. The van der Waals surface area contributed by atoms with Crippen LogP contribution in [0.5, 0.6) is 5.75 Å². The maximum atomic E-state index is 13.8. The lowest BCUT2D eigenvalue weighted by Gasteiger charge is -2.37. The van der Waals surface area contributed by atoms with Crippen molar-refractivity contribution in [2.75, 3.05) is 20.7 Å².